The van der Waals surface area contributed by atoms with E-state index in [9.17, 15) is 4.79 Å². The van der Waals surface area contributed by atoms with Crippen molar-refractivity contribution in [3.05, 3.63) is 0 Å². The van der Waals surface area contributed by atoms with E-state index in [2.05, 4.69) is 17.6 Å². The molecular formula is C16H31ClN2O. The second-order valence-electron chi connectivity index (χ2n) is 6.51. The van der Waals surface area contributed by atoms with E-state index < -0.39 is 0 Å². The van der Waals surface area contributed by atoms with Crippen molar-refractivity contribution in [1.29, 1.82) is 0 Å². The molecule has 0 aromatic carbocycles. The predicted octanol–water partition coefficient (Wildman–Crippen LogP) is 3.27. The van der Waals surface area contributed by atoms with Crippen LogP contribution in [0.25, 0.3) is 0 Å². The summed E-state index contributed by atoms with van der Waals surface area (Å²) in [6.07, 6.45) is 11.6. The molecule has 3 nitrogen and oxygen atoms in total. The molecule has 0 aromatic heterocycles. The highest BCUT2D eigenvalue weighted by Crippen LogP contribution is 2.27. The molecule has 1 aliphatic carbocycles. The minimum atomic E-state index is 0. The molecule has 1 aliphatic heterocycles. The quantitative estimate of drug-likeness (QED) is 0.765. The van der Waals surface area contributed by atoms with Crippen LogP contribution < -0.4 is 10.6 Å². The number of hydrogen-bond donors (Lipinski definition) is 2. The first-order chi connectivity index (χ1) is 9.25. The summed E-state index contributed by atoms with van der Waals surface area (Å²) in [4.78, 5) is 12.1. The fourth-order valence-corrected chi connectivity index (χ4v) is 3.59. The third-order valence-corrected chi connectivity index (χ3v) is 4.81. The zero-order valence-corrected chi connectivity index (χ0v) is 13.6. The topological polar surface area (TPSA) is 41.1 Å². The van der Waals surface area contributed by atoms with Crippen LogP contribution in [-0.2, 0) is 4.79 Å². The van der Waals surface area contributed by atoms with Crippen molar-refractivity contribution in [1.82, 2.24) is 10.6 Å². The van der Waals surface area contributed by atoms with E-state index >= 15 is 0 Å². The molecule has 2 fully saturated rings. The minimum absolute atomic E-state index is 0. The van der Waals surface area contributed by atoms with E-state index in [4.69, 9.17) is 0 Å². The van der Waals surface area contributed by atoms with Crippen molar-refractivity contribution in [3.8, 4) is 0 Å². The Balaban J connectivity index is 0.00000200. The first-order valence-corrected chi connectivity index (χ1v) is 8.27. The van der Waals surface area contributed by atoms with Crippen molar-refractivity contribution in [2.24, 2.45) is 11.8 Å². The number of piperidine rings is 1. The van der Waals surface area contributed by atoms with Gasteiger partial charge in [-0.1, -0.05) is 32.1 Å². The number of carbonyl (C=O) groups excluding carboxylic acids is 1. The van der Waals surface area contributed by atoms with Crippen molar-refractivity contribution in [2.45, 2.75) is 70.8 Å². The van der Waals surface area contributed by atoms with E-state index in [0.29, 0.717) is 6.04 Å². The van der Waals surface area contributed by atoms with E-state index in [0.717, 1.165) is 38.3 Å². The molecule has 2 aliphatic rings. The van der Waals surface area contributed by atoms with Gasteiger partial charge in [-0.05, 0) is 45.1 Å². The molecule has 2 N–H and O–H groups in total. The van der Waals surface area contributed by atoms with Gasteiger partial charge in [0, 0.05) is 18.5 Å². The summed E-state index contributed by atoms with van der Waals surface area (Å²) in [5.74, 6) is 1.47. The number of halogens is 1. The van der Waals surface area contributed by atoms with Crippen LogP contribution >= 0.6 is 12.4 Å². The Morgan fingerprint density at radius 3 is 2.65 bits per heavy atom. The highest BCUT2D eigenvalue weighted by Gasteiger charge is 2.24. The molecule has 2 rings (SSSR count). The highest BCUT2D eigenvalue weighted by molar-refractivity contribution is 5.85. The average molecular weight is 303 g/mol. The average Bonchev–Trinajstić information content (AvgIpc) is 2.44. The van der Waals surface area contributed by atoms with Crippen LogP contribution in [-0.4, -0.2) is 25.0 Å². The van der Waals surface area contributed by atoms with E-state index in [1.807, 2.05) is 0 Å². The van der Waals surface area contributed by atoms with Gasteiger partial charge in [0.05, 0.1) is 0 Å². The molecule has 4 heteroatoms. The smallest absolute Gasteiger partial charge is 0.223 e. The van der Waals surface area contributed by atoms with Crippen LogP contribution in [0.1, 0.15) is 64.7 Å². The standard InChI is InChI=1S/C16H30N2O.ClH/c1-13-12-15(9-11-17-13)16(19)18-10-5-8-14-6-3-2-4-7-14;/h13-15,17H,2-12H2,1H3,(H,18,19);1H/t13-,15-;/m0./s1. The van der Waals surface area contributed by atoms with Crippen molar-refractivity contribution >= 4 is 18.3 Å². The molecule has 118 valence electrons. The monoisotopic (exact) mass is 302 g/mol. The minimum Gasteiger partial charge on any atom is -0.356 e. The summed E-state index contributed by atoms with van der Waals surface area (Å²) in [5.41, 5.74) is 0. The molecule has 2 atom stereocenters. The molecule has 1 amide bonds. The molecule has 20 heavy (non-hydrogen) atoms. The molecule has 0 spiro atoms. The Morgan fingerprint density at radius 1 is 1.20 bits per heavy atom. The maximum atomic E-state index is 12.1. The lowest BCUT2D eigenvalue weighted by molar-refractivity contribution is -0.126. The molecule has 0 bridgehead atoms. The van der Waals surface area contributed by atoms with Crippen LogP contribution in [0.2, 0.25) is 0 Å². The third-order valence-electron chi connectivity index (χ3n) is 4.81. The zero-order valence-electron chi connectivity index (χ0n) is 12.8. The lowest BCUT2D eigenvalue weighted by Gasteiger charge is -2.27. The van der Waals surface area contributed by atoms with Gasteiger partial charge in [-0.2, -0.15) is 0 Å². The Bertz CT molecular complexity index is 280. The largest absolute Gasteiger partial charge is 0.356 e. The Kier molecular flexibility index (Phi) is 8.55. The SMILES string of the molecule is C[C@H]1C[C@@H](C(=O)NCCCC2CCCCC2)CCN1.Cl. The number of amides is 1. The Labute approximate surface area is 130 Å². The van der Waals surface area contributed by atoms with Gasteiger partial charge in [0.15, 0.2) is 0 Å². The molecule has 1 heterocycles. The van der Waals surface area contributed by atoms with E-state index in [1.165, 1.54) is 38.5 Å². The zero-order chi connectivity index (χ0) is 13.5. The lowest BCUT2D eigenvalue weighted by atomic mass is 9.86. The van der Waals surface area contributed by atoms with Gasteiger partial charge in [0.1, 0.15) is 0 Å². The van der Waals surface area contributed by atoms with Crippen LogP contribution in [0.4, 0.5) is 0 Å². The molecule has 1 saturated carbocycles. The van der Waals surface area contributed by atoms with Crippen LogP contribution in [0.3, 0.4) is 0 Å². The highest BCUT2D eigenvalue weighted by atomic mass is 35.5. The van der Waals surface area contributed by atoms with Gasteiger partial charge >= 0.3 is 0 Å². The van der Waals surface area contributed by atoms with Gasteiger partial charge in [-0.25, -0.2) is 0 Å². The van der Waals surface area contributed by atoms with Crippen molar-refractivity contribution in [2.75, 3.05) is 13.1 Å². The van der Waals surface area contributed by atoms with Gasteiger partial charge in [0.25, 0.3) is 0 Å². The molecular weight excluding hydrogens is 272 g/mol. The molecule has 0 radical (unpaired) electrons. The summed E-state index contributed by atoms with van der Waals surface area (Å²) in [6, 6.07) is 0.492. The summed E-state index contributed by atoms with van der Waals surface area (Å²) < 4.78 is 0. The second kappa shape index (κ2) is 9.62. The van der Waals surface area contributed by atoms with Crippen LogP contribution in [0, 0.1) is 11.8 Å². The van der Waals surface area contributed by atoms with Crippen molar-refractivity contribution < 1.29 is 4.79 Å². The van der Waals surface area contributed by atoms with E-state index in [-0.39, 0.29) is 24.2 Å². The summed E-state index contributed by atoms with van der Waals surface area (Å²) in [7, 11) is 0. The summed E-state index contributed by atoms with van der Waals surface area (Å²) in [5, 5.41) is 6.54. The maximum absolute atomic E-state index is 12.1. The van der Waals surface area contributed by atoms with Crippen LogP contribution in [0.5, 0.6) is 0 Å². The molecule has 1 saturated heterocycles. The predicted molar refractivity (Wildman–Crippen MR) is 86.3 cm³/mol. The maximum Gasteiger partial charge on any atom is 0.223 e. The van der Waals surface area contributed by atoms with E-state index in [1.54, 1.807) is 0 Å². The number of carbonyl (C=O) groups is 1. The van der Waals surface area contributed by atoms with Gasteiger partial charge in [-0.15, -0.1) is 12.4 Å². The third kappa shape index (κ3) is 6.01. The Hall–Kier alpha value is -0.280. The van der Waals surface area contributed by atoms with Gasteiger partial charge < -0.3 is 10.6 Å². The molecule has 0 aromatic rings. The van der Waals surface area contributed by atoms with Crippen LogP contribution in [0.15, 0.2) is 0 Å². The second-order valence-corrected chi connectivity index (χ2v) is 6.51. The molecule has 0 unspecified atom stereocenters. The first-order valence-electron chi connectivity index (χ1n) is 8.27. The lowest BCUT2D eigenvalue weighted by Crippen LogP contribution is -2.42. The van der Waals surface area contributed by atoms with Gasteiger partial charge in [-0.3, -0.25) is 4.79 Å². The number of hydrogen-bond acceptors (Lipinski definition) is 2. The fraction of sp³-hybridized carbons (Fsp3) is 0.938. The number of rotatable bonds is 5. The normalized spacial score (nSPS) is 27.6. The Morgan fingerprint density at radius 2 is 1.95 bits per heavy atom. The van der Waals surface area contributed by atoms with Gasteiger partial charge in [0.2, 0.25) is 5.91 Å². The summed E-state index contributed by atoms with van der Waals surface area (Å²) in [6.45, 7) is 4.04. The van der Waals surface area contributed by atoms with Crippen molar-refractivity contribution in [3.63, 3.8) is 0 Å². The summed E-state index contributed by atoms with van der Waals surface area (Å²) >= 11 is 0. The fourth-order valence-electron chi connectivity index (χ4n) is 3.59. The first kappa shape index (κ1) is 17.8. The number of nitrogens with one attached hydrogen (secondary N) is 2.